The van der Waals surface area contributed by atoms with E-state index in [0.717, 1.165) is 17.9 Å². The van der Waals surface area contributed by atoms with Gasteiger partial charge in [-0.3, -0.25) is 0 Å². The Kier molecular flexibility index (Phi) is 10.1. The Labute approximate surface area is 196 Å². The maximum Gasteiger partial charge on any atom is 0.137 e. The fraction of sp³-hybridized carbons (Fsp3) is 0.567. The van der Waals surface area contributed by atoms with Crippen molar-refractivity contribution in [2.24, 2.45) is 5.92 Å². The molecule has 2 nitrogen and oxygen atoms in total. The summed E-state index contributed by atoms with van der Waals surface area (Å²) in [5.41, 5.74) is 4.37. The molecule has 0 amide bonds. The van der Waals surface area contributed by atoms with Crippen molar-refractivity contribution in [1.29, 1.82) is 5.26 Å². The van der Waals surface area contributed by atoms with Crippen LogP contribution >= 0.6 is 0 Å². The molecule has 0 N–H and O–H groups in total. The van der Waals surface area contributed by atoms with Crippen LogP contribution < -0.4 is 4.74 Å². The van der Waals surface area contributed by atoms with Gasteiger partial charge in [0.15, 0.2) is 0 Å². The molecular weight excluding hydrogens is 390 g/mol. The van der Waals surface area contributed by atoms with Gasteiger partial charge in [0.2, 0.25) is 0 Å². The third-order valence-corrected chi connectivity index (χ3v) is 7.13. The zero-order valence-electron chi connectivity index (χ0n) is 20.2. The van der Waals surface area contributed by atoms with Crippen LogP contribution in [0.15, 0.2) is 42.5 Å². The topological polar surface area (TPSA) is 33.0 Å². The van der Waals surface area contributed by atoms with Gasteiger partial charge in [0.1, 0.15) is 11.8 Å². The predicted octanol–water partition coefficient (Wildman–Crippen LogP) is 9.04. The summed E-state index contributed by atoms with van der Waals surface area (Å²) in [7, 11) is 0. The minimum atomic E-state index is 0.628. The van der Waals surface area contributed by atoms with Gasteiger partial charge in [-0.1, -0.05) is 89.1 Å². The molecule has 2 aromatic rings. The second-order valence-corrected chi connectivity index (χ2v) is 9.57. The summed E-state index contributed by atoms with van der Waals surface area (Å²) >= 11 is 0. The van der Waals surface area contributed by atoms with Gasteiger partial charge < -0.3 is 4.74 Å². The zero-order valence-corrected chi connectivity index (χ0v) is 20.2. The van der Waals surface area contributed by atoms with E-state index in [-0.39, 0.29) is 0 Å². The molecule has 0 unspecified atom stereocenters. The molecule has 2 aromatic carbocycles. The van der Waals surface area contributed by atoms with Crippen LogP contribution in [0.4, 0.5) is 0 Å². The summed E-state index contributed by atoms with van der Waals surface area (Å²) in [4.78, 5) is 0. The van der Waals surface area contributed by atoms with E-state index in [4.69, 9.17) is 4.74 Å². The molecule has 0 aliphatic heterocycles. The predicted molar refractivity (Wildman–Crippen MR) is 135 cm³/mol. The van der Waals surface area contributed by atoms with Gasteiger partial charge in [-0.25, -0.2) is 0 Å². The first-order valence-corrected chi connectivity index (χ1v) is 13.0. The van der Waals surface area contributed by atoms with Crippen LogP contribution in [0.25, 0.3) is 11.1 Å². The highest BCUT2D eigenvalue weighted by Gasteiger charge is 2.22. The molecule has 1 aliphatic carbocycles. The Balaban J connectivity index is 1.56. The quantitative estimate of drug-likeness (QED) is 0.314. The molecule has 1 saturated carbocycles. The van der Waals surface area contributed by atoms with Crippen LogP contribution in [0.2, 0.25) is 0 Å². The summed E-state index contributed by atoms with van der Waals surface area (Å²) in [6, 6.07) is 17.4. The van der Waals surface area contributed by atoms with E-state index in [1.54, 1.807) is 0 Å². The highest BCUT2D eigenvalue weighted by Crippen LogP contribution is 2.38. The first kappa shape index (κ1) is 24.4. The normalized spacial score (nSPS) is 18.3. The van der Waals surface area contributed by atoms with Crippen LogP contribution in [0, 0.1) is 17.2 Å². The minimum absolute atomic E-state index is 0.628. The van der Waals surface area contributed by atoms with E-state index in [1.165, 1.54) is 81.8 Å². The summed E-state index contributed by atoms with van der Waals surface area (Å²) in [5, 5.41) is 9.60. The maximum absolute atomic E-state index is 9.60. The van der Waals surface area contributed by atoms with Crippen molar-refractivity contribution in [3.8, 4) is 22.9 Å². The zero-order chi connectivity index (χ0) is 22.6. The van der Waals surface area contributed by atoms with Gasteiger partial charge in [-0.2, -0.15) is 5.26 Å². The van der Waals surface area contributed by atoms with Crippen LogP contribution in [-0.2, 0) is 0 Å². The molecule has 2 heteroatoms. The molecule has 0 aromatic heterocycles. The Hall–Kier alpha value is -2.27. The summed E-state index contributed by atoms with van der Waals surface area (Å²) in [5.74, 6) is 2.37. The van der Waals surface area contributed by atoms with Crippen LogP contribution in [-0.4, -0.2) is 6.61 Å². The molecule has 0 radical (unpaired) electrons. The van der Waals surface area contributed by atoms with Crippen molar-refractivity contribution in [3.05, 3.63) is 53.6 Å². The molecule has 0 bridgehead atoms. The van der Waals surface area contributed by atoms with E-state index in [0.29, 0.717) is 23.8 Å². The Bertz CT molecular complexity index is 840. The molecule has 32 heavy (non-hydrogen) atoms. The third kappa shape index (κ3) is 7.13. The molecule has 0 atom stereocenters. The number of nitrogens with zero attached hydrogens (tertiary/aromatic N) is 1. The van der Waals surface area contributed by atoms with Gasteiger partial charge in [0.25, 0.3) is 0 Å². The first-order valence-electron chi connectivity index (χ1n) is 13.0. The molecule has 0 heterocycles. The molecule has 0 saturated heterocycles. The van der Waals surface area contributed by atoms with E-state index in [9.17, 15) is 5.26 Å². The smallest absolute Gasteiger partial charge is 0.137 e. The van der Waals surface area contributed by atoms with E-state index < -0.39 is 0 Å². The Morgan fingerprint density at radius 1 is 0.812 bits per heavy atom. The average molecular weight is 432 g/mol. The SMILES string of the molecule is CCCCCCOc1ccc(-c2ccc([C@H]3CC[C@H](CCCCC)CC3)cc2)cc1C#N. The van der Waals surface area contributed by atoms with Gasteiger partial charge >= 0.3 is 0 Å². The first-order chi connectivity index (χ1) is 15.7. The summed E-state index contributed by atoms with van der Waals surface area (Å²) in [6.07, 6.45) is 15.7. The van der Waals surface area contributed by atoms with E-state index in [2.05, 4.69) is 50.2 Å². The lowest BCUT2D eigenvalue weighted by atomic mass is 9.77. The number of ether oxygens (including phenoxy) is 1. The highest BCUT2D eigenvalue weighted by atomic mass is 16.5. The molecule has 1 aliphatic rings. The lowest BCUT2D eigenvalue weighted by Crippen LogP contribution is -2.13. The van der Waals surface area contributed by atoms with Crippen molar-refractivity contribution in [2.75, 3.05) is 6.61 Å². The summed E-state index contributed by atoms with van der Waals surface area (Å²) < 4.78 is 5.88. The number of hydrogen-bond donors (Lipinski definition) is 0. The number of benzene rings is 2. The number of unbranched alkanes of at least 4 members (excludes halogenated alkanes) is 5. The van der Waals surface area contributed by atoms with Crippen LogP contribution in [0.3, 0.4) is 0 Å². The number of rotatable bonds is 12. The van der Waals surface area contributed by atoms with E-state index in [1.807, 2.05) is 12.1 Å². The van der Waals surface area contributed by atoms with Gasteiger partial charge in [0.05, 0.1) is 12.2 Å². The molecule has 172 valence electrons. The monoisotopic (exact) mass is 431 g/mol. The lowest BCUT2D eigenvalue weighted by Gasteiger charge is -2.29. The maximum atomic E-state index is 9.60. The van der Waals surface area contributed by atoms with E-state index >= 15 is 0 Å². The fourth-order valence-corrected chi connectivity index (χ4v) is 5.05. The fourth-order valence-electron chi connectivity index (χ4n) is 5.05. The van der Waals surface area contributed by atoms with Crippen molar-refractivity contribution in [3.63, 3.8) is 0 Å². The lowest BCUT2D eigenvalue weighted by molar-refractivity contribution is 0.303. The van der Waals surface area contributed by atoms with Crippen molar-refractivity contribution in [1.82, 2.24) is 0 Å². The largest absolute Gasteiger partial charge is 0.492 e. The molecule has 1 fully saturated rings. The summed E-state index contributed by atoms with van der Waals surface area (Å²) in [6.45, 7) is 5.18. The Morgan fingerprint density at radius 2 is 1.50 bits per heavy atom. The molecule has 0 spiro atoms. The van der Waals surface area contributed by atoms with Crippen molar-refractivity contribution < 1.29 is 4.74 Å². The van der Waals surface area contributed by atoms with Crippen molar-refractivity contribution >= 4 is 0 Å². The molecular formula is C30H41NO. The van der Waals surface area contributed by atoms with Gasteiger partial charge in [-0.15, -0.1) is 0 Å². The average Bonchev–Trinajstić information content (AvgIpc) is 2.85. The van der Waals surface area contributed by atoms with Gasteiger partial charge in [-0.05, 0) is 72.8 Å². The standard InChI is InChI=1S/C30H41NO/c1-3-5-7-9-21-32-30-20-19-28(22-29(30)23-31)27-17-15-26(16-18-27)25-13-11-24(12-14-25)10-8-6-4-2/h15-20,22,24-25H,3-14,21H2,1-2H3/t24-,25-. The molecule has 3 rings (SSSR count). The van der Waals surface area contributed by atoms with Crippen molar-refractivity contribution in [2.45, 2.75) is 96.8 Å². The highest BCUT2D eigenvalue weighted by molar-refractivity contribution is 5.67. The third-order valence-electron chi connectivity index (χ3n) is 7.13. The second-order valence-electron chi connectivity index (χ2n) is 9.57. The second kappa shape index (κ2) is 13.3. The number of hydrogen-bond acceptors (Lipinski definition) is 2. The minimum Gasteiger partial charge on any atom is -0.492 e. The number of nitriles is 1. The van der Waals surface area contributed by atoms with Gasteiger partial charge in [0, 0.05) is 0 Å². The van der Waals surface area contributed by atoms with Crippen LogP contribution in [0.1, 0.15) is 108 Å². The Morgan fingerprint density at radius 3 is 2.19 bits per heavy atom. The van der Waals surface area contributed by atoms with Crippen LogP contribution in [0.5, 0.6) is 5.75 Å².